The summed E-state index contributed by atoms with van der Waals surface area (Å²) >= 11 is 0. The summed E-state index contributed by atoms with van der Waals surface area (Å²) < 4.78 is 38.4. The Kier molecular flexibility index (Phi) is 3.51. The Labute approximate surface area is 120 Å². The van der Waals surface area contributed by atoms with Crippen LogP contribution in [0, 0.1) is 11.6 Å². The number of rotatable bonds is 2. The third-order valence-electron chi connectivity index (χ3n) is 3.60. The fraction of sp³-hybridized carbons (Fsp3) is 0.250. The van der Waals surface area contributed by atoms with Crippen molar-refractivity contribution in [2.45, 2.75) is 18.6 Å². The van der Waals surface area contributed by atoms with Gasteiger partial charge >= 0.3 is 0 Å². The number of methoxy groups -OCH3 is 1. The molecule has 0 bridgehead atoms. The van der Waals surface area contributed by atoms with Crippen molar-refractivity contribution >= 4 is 0 Å². The lowest BCUT2D eigenvalue weighted by Gasteiger charge is -2.30. The van der Waals surface area contributed by atoms with E-state index >= 15 is 0 Å². The van der Waals surface area contributed by atoms with E-state index in [0.717, 1.165) is 0 Å². The predicted octanol–water partition coefficient (Wildman–Crippen LogP) is 3.53. The highest BCUT2D eigenvalue weighted by Crippen LogP contribution is 2.43. The molecule has 5 heteroatoms. The standard InChI is InChI=1S/C16H14F2O3/c1-20-9-5-6-14-10(7-9)13(19)8-15(21-14)16-11(17)3-2-4-12(16)18/h2-7,13,15,19H,8H2,1H3. The fourth-order valence-corrected chi connectivity index (χ4v) is 2.55. The van der Waals surface area contributed by atoms with Gasteiger partial charge in [-0.05, 0) is 30.3 Å². The second-order valence-corrected chi connectivity index (χ2v) is 4.90. The van der Waals surface area contributed by atoms with Gasteiger partial charge in [0.1, 0.15) is 29.2 Å². The normalized spacial score (nSPS) is 20.6. The summed E-state index contributed by atoms with van der Waals surface area (Å²) in [6.45, 7) is 0. The van der Waals surface area contributed by atoms with Crippen molar-refractivity contribution < 1.29 is 23.4 Å². The second kappa shape index (κ2) is 5.33. The van der Waals surface area contributed by atoms with E-state index in [1.54, 1.807) is 18.2 Å². The summed E-state index contributed by atoms with van der Waals surface area (Å²) in [5, 5.41) is 10.2. The minimum absolute atomic E-state index is 0.0814. The van der Waals surface area contributed by atoms with Gasteiger partial charge in [0.25, 0.3) is 0 Å². The van der Waals surface area contributed by atoms with Crippen LogP contribution in [0.25, 0.3) is 0 Å². The first kappa shape index (κ1) is 13.8. The van der Waals surface area contributed by atoms with Gasteiger partial charge in [0.2, 0.25) is 0 Å². The number of aliphatic hydroxyl groups is 1. The summed E-state index contributed by atoms with van der Waals surface area (Å²) in [6, 6.07) is 8.61. The molecular weight excluding hydrogens is 278 g/mol. The van der Waals surface area contributed by atoms with Crippen LogP contribution >= 0.6 is 0 Å². The first-order valence-electron chi connectivity index (χ1n) is 6.56. The van der Waals surface area contributed by atoms with E-state index < -0.39 is 23.8 Å². The SMILES string of the molecule is COc1ccc2c(c1)C(O)CC(c1c(F)cccc1F)O2. The summed E-state index contributed by atoms with van der Waals surface area (Å²) in [5.74, 6) is -0.359. The molecule has 0 amide bonds. The number of aliphatic hydroxyl groups excluding tert-OH is 1. The Bertz CT molecular complexity index is 652. The molecule has 3 rings (SSSR count). The lowest BCUT2D eigenvalue weighted by atomic mass is 9.94. The molecule has 2 aromatic rings. The Morgan fingerprint density at radius 2 is 1.90 bits per heavy atom. The van der Waals surface area contributed by atoms with Gasteiger partial charge in [0.15, 0.2) is 0 Å². The van der Waals surface area contributed by atoms with E-state index in [9.17, 15) is 13.9 Å². The molecule has 0 spiro atoms. The minimum Gasteiger partial charge on any atom is -0.497 e. The molecule has 110 valence electrons. The number of hydrogen-bond donors (Lipinski definition) is 1. The van der Waals surface area contributed by atoms with Crippen LogP contribution in [0.1, 0.15) is 29.8 Å². The Morgan fingerprint density at radius 1 is 1.19 bits per heavy atom. The third kappa shape index (κ3) is 2.45. The zero-order valence-electron chi connectivity index (χ0n) is 11.3. The number of ether oxygens (including phenoxy) is 2. The maximum absolute atomic E-state index is 13.8. The Balaban J connectivity index is 1.99. The highest BCUT2D eigenvalue weighted by molar-refractivity contribution is 5.44. The summed E-state index contributed by atoms with van der Waals surface area (Å²) in [4.78, 5) is 0. The van der Waals surface area contributed by atoms with Gasteiger partial charge in [-0.15, -0.1) is 0 Å². The fourth-order valence-electron chi connectivity index (χ4n) is 2.55. The van der Waals surface area contributed by atoms with E-state index in [-0.39, 0.29) is 12.0 Å². The molecule has 0 aliphatic carbocycles. The second-order valence-electron chi connectivity index (χ2n) is 4.90. The molecule has 0 aromatic heterocycles. The van der Waals surface area contributed by atoms with Crippen LogP contribution in [-0.4, -0.2) is 12.2 Å². The van der Waals surface area contributed by atoms with Crippen molar-refractivity contribution in [2.75, 3.05) is 7.11 Å². The topological polar surface area (TPSA) is 38.7 Å². The number of hydrogen-bond acceptors (Lipinski definition) is 3. The van der Waals surface area contributed by atoms with Crippen LogP contribution in [0.4, 0.5) is 8.78 Å². The molecule has 21 heavy (non-hydrogen) atoms. The quantitative estimate of drug-likeness (QED) is 0.920. The molecular formula is C16H14F2O3. The zero-order valence-corrected chi connectivity index (χ0v) is 11.3. The Morgan fingerprint density at radius 3 is 2.57 bits per heavy atom. The first-order chi connectivity index (χ1) is 10.1. The van der Waals surface area contributed by atoms with Gasteiger partial charge in [-0.25, -0.2) is 8.78 Å². The molecule has 0 fully saturated rings. The maximum atomic E-state index is 13.8. The molecule has 3 nitrogen and oxygen atoms in total. The summed E-state index contributed by atoms with van der Waals surface area (Å²) in [6.07, 6.45) is -1.65. The van der Waals surface area contributed by atoms with E-state index in [2.05, 4.69) is 0 Å². The first-order valence-corrected chi connectivity index (χ1v) is 6.56. The molecule has 1 aliphatic heterocycles. The number of halogens is 2. The monoisotopic (exact) mass is 292 g/mol. The molecule has 2 atom stereocenters. The van der Waals surface area contributed by atoms with Crippen LogP contribution in [0.5, 0.6) is 11.5 Å². The molecule has 2 aromatic carbocycles. The van der Waals surface area contributed by atoms with Crippen molar-refractivity contribution in [3.63, 3.8) is 0 Å². The van der Waals surface area contributed by atoms with Crippen molar-refractivity contribution in [1.29, 1.82) is 0 Å². The van der Waals surface area contributed by atoms with Gasteiger partial charge in [0.05, 0.1) is 18.8 Å². The summed E-state index contributed by atoms with van der Waals surface area (Å²) in [5.41, 5.74) is 0.403. The average molecular weight is 292 g/mol. The third-order valence-corrected chi connectivity index (χ3v) is 3.60. The molecule has 0 saturated carbocycles. The van der Waals surface area contributed by atoms with Crippen molar-refractivity contribution in [3.05, 3.63) is 59.2 Å². The van der Waals surface area contributed by atoms with E-state index in [0.29, 0.717) is 17.1 Å². The lowest BCUT2D eigenvalue weighted by Crippen LogP contribution is -2.21. The molecule has 1 aliphatic rings. The van der Waals surface area contributed by atoms with E-state index in [1.807, 2.05) is 0 Å². The van der Waals surface area contributed by atoms with Gasteiger partial charge < -0.3 is 14.6 Å². The van der Waals surface area contributed by atoms with Crippen LogP contribution < -0.4 is 9.47 Å². The van der Waals surface area contributed by atoms with Crippen LogP contribution in [0.3, 0.4) is 0 Å². The molecule has 0 saturated heterocycles. The lowest BCUT2D eigenvalue weighted by molar-refractivity contribution is 0.0619. The highest BCUT2D eigenvalue weighted by Gasteiger charge is 2.31. The van der Waals surface area contributed by atoms with Crippen LogP contribution in [-0.2, 0) is 0 Å². The van der Waals surface area contributed by atoms with Crippen LogP contribution in [0.2, 0.25) is 0 Å². The summed E-state index contributed by atoms with van der Waals surface area (Å²) in [7, 11) is 1.52. The van der Waals surface area contributed by atoms with E-state index in [1.165, 1.54) is 25.3 Å². The smallest absolute Gasteiger partial charge is 0.133 e. The van der Waals surface area contributed by atoms with Gasteiger partial charge in [-0.2, -0.15) is 0 Å². The Hall–Kier alpha value is -2.14. The molecule has 2 unspecified atom stereocenters. The molecule has 1 N–H and O–H groups in total. The number of benzene rings is 2. The van der Waals surface area contributed by atoms with Crippen molar-refractivity contribution in [3.8, 4) is 11.5 Å². The number of fused-ring (bicyclic) bond motifs is 1. The predicted molar refractivity (Wildman–Crippen MR) is 72.3 cm³/mol. The minimum atomic E-state index is -0.868. The largest absolute Gasteiger partial charge is 0.497 e. The van der Waals surface area contributed by atoms with Gasteiger partial charge in [0, 0.05) is 12.0 Å². The van der Waals surface area contributed by atoms with Crippen molar-refractivity contribution in [1.82, 2.24) is 0 Å². The van der Waals surface area contributed by atoms with E-state index in [4.69, 9.17) is 9.47 Å². The maximum Gasteiger partial charge on any atom is 0.133 e. The van der Waals surface area contributed by atoms with Crippen LogP contribution in [0.15, 0.2) is 36.4 Å². The molecule has 0 radical (unpaired) electrons. The average Bonchev–Trinajstić information content (AvgIpc) is 2.47. The highest BCUT2D eigenvalue weighted by atomic mass is 19.1. The van der Waals surface area contributed by atoms with Gasteiger partial charge in [-0.3, -0.25) is 0 Å². The molecule has 1 heterocycles. The van der Waals surface area contributed by atoms with Crippen molar-refractivity contribution in [2.24, 2.45) is 0 Å². The van der Waals surface area contributed by atoms with Gasteiger partial charge in [-0.1, -0.05) is 6.07 Å². The zero-order chi connectivity index (χ0) is 15.0.